The van der Waals surface area contributed by atoms with Crippen LogP contribution in [0.25, 0.3) is 0 Å². The summed E-state index contributed by atoms with van der Waals surface area (Å²) >= 11 is 6.57. The van der Waals surface area contributed by atoms with Gasteiger partial charge in [-0.1, -0.05) is 11.6 Å². The second kappa shape index (κ2) is 12.1. The van der Waals surface area contributed by atoms with E-state index in [9.17, 15) is 4.79 Å². The summed E-state index contributed by atoms with van der Waals surface area (Å²) in [6.45, 7) is 2.32. The second-order valence-corrected chi connectivity index (χ2v) is 10.5. The van der Waals surface area contributed by atoms with Gasteiger partial charge in [-0.15, -0.1) is 0 Å². The predicted molar refractivity (Wildman–Crippen MR) is 142 cm³/mol. The summed E-state index contributed by atoms with van der Waals surface area (Å²) < 4.78 is 12.2. The summed E-state index contributed by atoms with van der Waals surface area (Å²) in [5, 5.41) is 4.05. The van der Waals surface area contributed by atoms with Crippen molar-refractivity contribution in [3.8, 4) is 11.5 Å². The Labute approximate surface area is 214 Å². The molecule has 2 aliphatic rings. The lowest BCUT2D eigenvalue weighted by molar-refractivity contribution is 0.0662. The Balaban J connectivity index is 1.28. The number of carbonyl (C=O) groups is 1. The number of nitrogens with one attached hydrogen (secondary N) is 1. The van der Waals surface area contributed by atoms with Gasteiger partial charge >= 0.3 is 0 Å². The lowest BCUT2D eigenvalue weighted by atomic mass is 10.0. The summed E-state index contributed by atoms with van der Waals surface area (Å²) in [5.74, 6) is 1.56. The maximum Gasteiger partial charge on any atom is 0.150 e. The normalized spacial score (nSPS) is 21.8. The van der Waals surface area contributed by atoms with Gasteiger partial charge in [-0.3, -0.25) is 4.79 Å². The number of piperidine rings is 1. The molecule has 190 valence electrons. The molecule has 1 N–H and O–H groups in total. The minimum Gasteiger partial charge on any atom is -0.494 e. The van der Waals surface area contributed by atoms with Gasteiger partial charge in [0.1, 0.15) is 23.9 Å². The zero-order chi connectivity index (χ0) is 24.8. The quantitative estimate of drug-likeness (QED) is 0.322. The number of aldehydes is 1. The van der Waals surface area contributed by atoms with Gasteiger partial charge < -0.3 is 24.6 Å². The van der Waals surface area contributed by atoms with Crippen LogP contribution in [0.5, 0.6) is 11.5 Å². The molecule has 35 heavy (non-hydrogen) atoms. The van der Waals surface area contributed by atoms with Crippen LogP contribution in [-0.2, 0) is 6.42 Å². The Bertz CT molecular complexity index is 985. The number of halogens is 1. The maximum absolute atomic E-state index is 11.5. The zero-order valence-electron chi connectivity index (χ0n) is 21.1. The van der Waals surface area contributed by atoms with Crippen LogP contribution in [-0.4, -0.2) is 75.1 Å². The van der Waals surface area contributed by atoms with E-state index in [1.54, 1.807) is 0 Å². The number of benzene rings is 2. The van der Waals surface area contributed by atoms with Crippen LogP contribution in [0.4, 0.5) is 5.69 Å². The van der Waals surface area contributed by atoms with Crippen molar-refractivity contribution in [3.05, 3.63) is 52.5 Å². The molecule has 2 aromatic carbocycles. The molecular weight excluding hydrogens is 462 g/mol. The largest absolute Gasteiger partial charge is 0.494 e. The highest BCUT2D eigenvalue weighted by Gasteiger charge is 2.39. The Morgan fingerprint density at radius 2 is 1.91 bits per heavy atom. The summed E-state index contributed by atoms with van der Waals surface area (Å²) in [6.07, 6.45) is 7.49. The van der Waals surface area contributed by atoms with E-state index in [0.29, 0.717) is 42.2 Å². The first-order valence-corrected chi connectivity index (χ1v) is 13.1. The molecular formula is C28H38ClN3O3. The van der Waals surface area contributed by atoms with Crippen LogP contribution in [0, 0.1) is 0 Å². The first kappa shape index (κ1) is 25.8. The summed E-state index contributed by atoms with van der Waals surface area (Å²) in [7, 11) is 6.34. The van der Waals surface area contributed by atoms with Gasteiger partial charge in [-0.25, -0.2) is 0 Å². The molecule has 0 saturated carbocycles. The van der Waals surface area contributed by atoms with Crippen molar-refractivity contribution >= 4 is 23.6 Å². The second-order valence-electron chi connectivity index (χ2n) is 10.1. The van der Waals surface area contributed by atoms with Crippen molar-refractivity contribution in [2.45, 2.75) is 56.7 Å². The standard InChI is InChI=1S/C28H38ClN3O3/c1-31(2)13-4-14-34-25-9-5-21(19-33)20(15-25)11-12-30-22-6-10-28(27(29)16-22)35-26-17-23-7-8-24(18-26)32(23)3/h5-6,9-10,15-16,19,23-24,26,30H,4,7-8,11-14,17-18H2,1-3H3. The smallest absolute Gasteiger partial charge is 0.150 e. The maximum atomic E-state index is 11.5. The minimum atomic E-state index is 0.235. The molecule has 0 aromatic heterocycles. The van der Waals surface area contributed by atoms with E-state index in [0.717, 1.165) is 54.8 Å². The van der Waals surface area contributed by atoms with Crippen LogP contribution in [0.3, 0.4) is 0 Å². The van der Waals surface area contributed by atoms with E-state index in [1.807, 2.05) is 36.4 Å². The van der Waals surface area contributed by atoms with E-state index >= 15 is 0 Å². The van der Waals surface area contributed by atoms with Crippen LogP contribution in [0.1, 0.15) is 48.0 Å². The number of fused-ring (bicyclic) bond motifs is 2. The van der Waals surface area contributed by atoms with Gasteiger partial charge in [0.25, 0.3) is 0 Å². The summed E-state index contributed by atoms with van der Waals surface area (Å²) in [6, 6.07) is 12.8. The van der Waals surface area contributed by atoms with Gasteiger partial charge in [0.05, 0.1) is 11.6 Å². The molecule has 2 heterocycles. The van der Waals surface area contributed by atoms with E-state index in [-0.39, 0.29) is 6.10 Å². The van der Waals surface area contributed by atoms with Crippen LogP contribution < -0.4 is 14.8 Å². The van der Waals surface area contributed by atoms with E-state index in [1.165, 1.54) is 12.8 Å². The fraction of sp³-hybridized carbons (Fsp3) is 0.536. The molecule has 4 rings (SSSR count). The lowest BCUT2D eigenvalue weighted by Gasteiger charge is -2.36. The number of carbonyl (C=O) groups excluding carboxylic acids is 1. The molecule has 0 amide bonds. The molecule has 0 aliphatic carbocycles. The molecule has 2 fully saturated rings. The fourth-order valence-electron chi connectivity index (χ4n) is 5.26. The molecule has 2 aliphatic heterocycles. The van der Waals surface area contributed by atoms with E-state index in [2.05, 4.69) is 36.3 Å². The summed E-state index contributed by atoms with van der Waals surface area (Å²) in [4.78, 5) is 16.2. The highest BCUT2D eigenvalue weighted by atomic mass is 35.5. The van der Waals surface area contributed by atoms with E-state index < -0.39 is 0 Å². The Morgan fingerprint density at radius 1 is 1.14 bits per heavy atom. The van der Waals surface area contributed by atoms with Crippen molar-refractivity contribution in [3.63, 3.8) is 0 Å². The molecule has 2 atom stereocenters. The number of hydrogen-bond donors (Lipinski definition) is 1. The van der Waals surface area contributed by atoms with Gasteiger partial charge in [0.15, 0.2) is 0 Å². The van der Waals surface area contributed by atoms with Crippen LogP contribution in [0.2, 0.25) is 5.02 Å². The topological polar surface area (TPSA) is 54.0 Å². The van der Waals surface area contributed by atoms with Gasteiger partial charge in [0.2, 0.25) is 0 Å². The van der Waals surface area contributed by atoms with Crippen molar-refractivity contribution in [2.24, 2.45) is 0 Å². The van der Waals surface area contributed by atoms with Crippen LogP contribution >= 0.6 is 11.6 Å². The highest BCUT2D eigenvalue weighted by molar-refractivity contribution is 6.32. The number of nitrogens with zero attached hydrogens (tertiary/aromatic N) is 2. The van der Waals surface area contributed by atoms with Crippen molar-refractivity contribution in [1.82, 2.24) is 9.80 Å². The molecule has 6 nitrogen and oxygen atoms in total. The number of ether oxygens (including phenoxy) is 2. The fourth-order valence-corrected chi connectivity index (χ4v) is 5.48. The molecule has 7 heteroatoms. The third kappa shape index (κ3) is 6.90. The third-order valence-corrected chi connectivity index (χ3v) is 7.56. The molecule has 0 spiro atoms. The lowest BCUT2D eigenvalue weighted by Crippen LogP contribution is -2.43. The zero-order valence-corrected chi connectivity index (χ0v) is 21.9. The van der Waals surface area contributed by atoms with Gasteiger partial charge in [-0.2, -0.15) is 0 Å². The Morgan fingerprint density at radius 3 is 2.60 bits per heavy atom. The molecule has 2 unspecified atom stereocenters. The average Bonchev–Trinajstić information content (AvgIpc) is 3.03. The molecule has 2 bridgehead atoms. The Kier molecular flexibility index (Phi) is 8.93. The van der Waals surface area contributed by atoms with Gasteiger partial charge in [-0.05, 0) is 102 Å². The Hall–Kier alpha value is -2.28. The van der Waals surface area contributed by atoms with Crippen molar-refractivity contribution in [1.29, 1.82) is 0 Å². The number of rotatable bonds is 12. The van der Waals surface area contributed by atoms with Crippen molar-refractivity contribution in [2.75, 3.05) is 46.2 Å². The number of anilines is 1. The minimum absolute atomic E-state index is 0.235. The molecule has 2 aromatic rings. The first-order valence-electron chi connectivity index (χ1n) is 12.7. The van der Waals surface area contributed by atoms with E-state index in [4.69, 9.17) is 21.1 Å². The SMILES string of the molecule is CN(C)CCCOc1ccc(C=O)c(CCNc2ccc(OC3CC4CCC(C3)N4C)c(Cl)c2)c1. The van der Waals surface area contributed by atoms with Crippen LogP contribution in [0.15, 0.2) is 36.4 Å². The van der Waals surface area contributed by atoms with Gasteiger partial charge in [0, 0.05) is 36.4 Å². The first-order chi connectivity index (χ1) is 16.9. The number of hydrogen-bond acceptors (Lipinski definition) is 6. The molecule has 0 radical (unpaired) electrons. The average molecular weight is 500 g/mol. The van der Waals surface area contributed by atoms with Crippen molar-refractivity contribution < 1.29 is 14.3 Å². The predicted octanol–water partition coefficient (Wildman–Crippen LogP) is 5.14. The highest BCUT2D eigenvalue weighted by Crippen LogP contribution is 2.37. The molecule has 2 saturated heterocycles. The monoisotopic (exact) mass is 499 g/mol. The summed E-state index contributed by atoms with van der Waals surface area (Å²) in [5.41, 5.74) is 2.61. The third-order valence-electron chi connectivity index (χ3n) is 7.26.